The number of carbonyl (C=O) groups excluding carboxylic acids is 2. The van der Waals surface area contributed by atoms with Gasteiger partial charge in [0, 0.05) is 12.7 Å². The summed E-state index contributed by atoms with van der Waals surface area (Å²) in [5, 5.41) is 14.7. The SMILES string of the molecule is Cc1cc(C)n(-c2nnc(SCC(=O)N(C)CC(=O)Nc3ccccc3C(F)(F)F)n2N)n1. The summed E-state index contributed by atoms with van der Waals surface area (Å²) in [6, 6.07) is 6.46. The fraction of sp³-hybridized carbons (Fsp3) is 0.316. The Kier molecular flexibility index (Phi) is 6.95. The summed E-state index contributed by atoms with van der Waals surface area (Å²) in [7, 11) is 1.37. The molecule has 0 unspecified atom stereocenters. The lowest BCUT2D eigenvalue weighted by Crippen LogP contribution is -2.36. The van der Waals surface area contributed by atoms with Crippen LogP contribution in [0.4, 0.5) is 18.9 Å². The van der Waals surface area contributed by atoms with Crippen molar-refractivity contribution in [2.45, 2.75) is 25.2 Å². The smallest absolute Gasteiger partial charge is 0.336 e. The molecule has 0 bridgehead atoms. The van der Waals surface area contributed by atoms with Crippen LogP contribution >= 0.6 is 11.8 Å². The molecule has 0 spiro atoms. The van der Waals surface area contributed by atoms with Gasteiger partial charge in [0.25, 0.3) is 5.95 Å². The lowest BCUT2D eigenvalue weighted by Gasteiger charge is -2.18. The number of benzene rings is 1. The fourth-order valence-electron chi connectivity index (χ4n) is 2.91. The second kappa shape index (κ2) is 9.52. The number of hydrogen-bond acceptors (Lipinski definition) is 7. The number of rotatable bonds is 7. The fourth-order valence-corrected chi connectivity index (χ4v) is 3.70. The Morgan fingerprint density at radius 2 is 1.91 bits per heavy atom. The van der Waals surface area contributed by atoms with Gasteiger partial charge in [0.2, 0.25) is 17.0 Å². The summed E-state index contributed by atoms with van der Waals surface area (Å²) in [6.07, 6.45) is -4.62. The molecule has 0 radical (unpaired) electrons. The van der Waals surface area contributed by atoms with Crippen molar-refractivity contribution < 1.29 is 22.8 Å². The number of carbonyl (C=O) groups is 2. The van der Waals surface area contributed by atoms with Crippen LogP contribution in [0.2, 0.25) is 0 Å². The summed E-state index contributed by atoms with van der Waals surface area (Å²) in [6.45, 7) is 3.22. The predicted octanol–water partition coefficient (Wildman–Crippen LogP) is 2.00. The molecule has 2 heterocycles. The van der Waals surface area contributed by atoms with E-state index < -0.39 is 30.1 Å². The van der Waals surface area contributed by atoms with Gasteiger partial charge in [-0.25, -0.2) is 9.36 Å². The second-order valence-electron chi connectivity index (χ2n) is 7.12. The molecular formula is C19H21F3N8O2S. The molecule has 14 heteroatoms. The Labute approximate surface area is 190 Å². The molecule has 0 saturated heterocycles. The molecule has 0 aliphatic carbocycles. The zero-order chi connectivity index (χ0) is 24.3. The molecule has 0 aliphatic rings. The number of aryl methyl sites for hydroxylation is 2. The number of aromatic nitrogens is 5. The maximum absolute atomic E-state index is 13.1. The van der Waals surface area contributed by atoms with Gasteiger partial charge in [-0.15, -0.1) is 10.2 Å². The van der Waals surface area contributed by atoms with E-state index in [1.54, 1.807) is 0 Å². The van der Waals surface area contributed by atoms with Crippen molar-refractivity contribution in [3.05, 3.63) is 47.3 Å². The van der Waals surface area contributed by atoms with Gasteiger partial charge in [0.1, 0.15) is 0 Å². The maximum Gasteiger partial charge on any atom is 0.418 e. The molecule has 10 nitrogen and oxygen atoms in total. The number of anilines is 1. The highest BCUT2D eigenvalue weighted by Gasteiger charge is 2.33. The Bertz CT molecular complexity index is 1170. The number of nitrogens with two attached hydrogens (primary N) is 1. The first-order chi connectivity index (χ1) is 15.5. The van der Waals surface area contributed by atoms with Crippen LogP contribution in [0.1, 0.15) is 17.0 Å². The van der Waals surface area contributed by atoms with E-state index in [0.29, 0.717) is 0 Å². The van der Waals surface area contributed by atoms with Gasteiger partial charge < -0.3 is 16.1 Å². The topological polar surface area (TPSA) is 124 Å². The number of nitrogens with zero attached hydrogens (tertiary/aromatic N) is 6. The molecular weight excluding hydrogens is 461 g/mol. The number of thioether (sulfide) groups is 1. The van der Waals surface area contributed by atoms with Gasteiger partial charge in [-0.2, -0.15) is 18.3 Å². The lowest BCUT2D eigenvalue weighted by molar-refractivity contribution is -0.137. The second-order valence-corrected chi connectivity index (χ2v) is 8.06. The molecule has 1 aromatic carbocycles. The largest absolute Gasteiger partial charge is 0.418 e. The van der Waals surface area contributed by atoms with Crippen molar-refractivity contribution in [1.82, 2.24) is 29.6 Å². The number of nitrogens with one attached hydrogen (secondary N) is 1. The van der Waals surface area contributed by atoms with Crippen LogP contribution in [0.25, 0.3) is 5.95 Å². The van der Waals surface area contributed by atoms with E-state index >= 15 is 0 Å². The lowest BCUT2D eigenvalue weighted by atomic mass is 10.1. The van der Waals surface area contributed by atoms with Crippen LogP contribution in [-0.2, 0) is 15.8 Å². The Morgan fingerprint density at radius 1 is 1.21 bits per heavy atom. The van der Waals surface area contributed by atoms with Crippen molar-refractivity contribution in [2.75, 3.05) is 30.5 Å². The zero-order valence-corrected chi connectivity index (χ0v) is 18.7. The Morgan fingerprint density at radius 3 is 2.55 bits per heavy atom. The van der Waals surface area contributed by atoms with E-state index in [4.69, 9.17) is 5.84 Å². The van der Waals surface area contributed by atoms with Gasteiger partial charge in [0.15, 0.2) is 0 Å². The predicted molar refractivity (Wildman–Crippen MR) is 115 cm³/mol. The van der Waals surface area contributed by atoms with Crippen LogP contribution < -0.4 is 11.2 Å². The molecule has 0 aliphatic heterocycles. The van der Waals surface area contributed by atoms with Crippen LogP contribution in [0, 0.1) is 13.8 Å². The monoisotopic (exact) mass is 482 g/mol. The number of likely N-dealkylation sites (N-methyl/N-ethyl adjacent to an activating group) is 1. The third kappa shape index (κ3) is 5.63. The Balaban J connectivity index is 1.58. The Hall–Kier alpha value is -3.55. The first-order valence-corrected chi connectivity index (χ1v) is 10.5. The number of amides is 2. The molecule has 3 aromatic rings. The van der Waals surface area contributed by atoms with Gasteiger partial charge in [0.05, 0.1) is 29.2 Å². The van der Waals surface area contributed by atoms with Gasteiger partial charge in [-0.3, -0.25) is 9.59 Å². The van der Waals surface area contributed by atoms with Gasteiger partial charge >= 0.3 is 6.18 Å². The summed E-state index contributed by atoms with van der Waals surface area (Å²) in [5.41, 5.74) is 0.233. The molecule has 3 N–H and O–H groups in total. The van der Waals surface area contributed by atoms with E-state index in [9.17, 15) is 22.8 Å². The third-order valence-corrected chi connectivity index (χ3v) is 5.41. The minimum absolute atomic E-state index is 0.116. The minimum Gasteiger partial charge on any atom is -0.336 e. The molecule has 0 atom stereocenters. The summed E-state index contributed by atoms with van der Waals surface area (Å²) < 4.78 is 41.9. The molecule has 2 aromatic heterocycles. The zero-order valence-electron chi connectivity index (χ0n) is 17.9. The first kappa shape index (κ1) is 24.1. The normalized spacial score (nSPS) is 11.5. The number of alkyl halides is 3. The van der Waals surface area contributed by atoms with Crippen molar-refractivity contribution in [3.63, 3.8) is 0 Å². The van der Waals surface area contributed by atoms with Crippen LogP contribution in [0.5, 0.6) is 0 Å². The van der Waals surface area contributed by atoms with Crippen molar-refractivity contribution in [1.29, 1.82) is 0 Å². The quantitative estimate of drug-likeness (QED) is 0.390. The van der Waals surface area contributed by atoms with Crippen LogP contribution in [0.3, 0.4) is 0 Å². The molecule has 3 rings (SSSR count). The minimum atomic E-state index is -4.62. The summed E-state index contributed by atoms with van der Waals surface area (Å²) in [4.78, 5) is 25.7. The van der Waals surface area contributed by atoms with Crippen molar-refractivity contribution >= 4 is 29.3 Å². The highest BCUT2D eigenvalue weighted by molar-refractivity contribution is 7.99. The highest BCUT2D eigenvalue weighted by atomic mass is 32.2. The molecule has 2 amide bonds. The average Bonchev–Trinajstić information content (AvgIpc) is 3.26. The standard InChI is InChI=1S/C19H21F3N8O2S/c1-11-8-12(2)30(27-11)17-25-26-18(29(17)23)33-10-16(32)28(3)9-15(31)24-14-7-5-4-6-13(14)19(20,21)22/h4-8H,9-10,23H2,1-3H3,(H,24,31). The maximum atomic E-state index is 13.1. The van der Waals surface area contributed by atoms with Crippen molar-refractivity contribution in [3.8, 4) is 5.95 Å². The molecule has 176 valence electrons. The van der Waals surface area contributed by atoms with E-state index in [2.05, 4.69) is 20.6 Å². The molecule has 0 fully saturated rings. The number of halogens is 3. The average molecular weight is 482 g/mol. The van der Waals surface area contributed by atoms with E-state index in [0.717, 1.165) is 40.2 Å². The van der Waals surface area contributed by atoms with Gasteiger partial charge in [-0.1, -0.05) is 23.9 Å². The third-order valence-electron chi connectivity index (χ3n) is 4.48. The number of para-hydroxylation sites is 1. The van der Waals surface area contributed by atoms with Crippen molar-refractivity contribution in [2.24, 2.45) is 0 Å². The highest BCUT2D eigenvalue weighted by Crippen LogP contribution is 2.34. The van der Waals surface area contributed by atoms with Crippen LogP contribution in [0.15, 0.2) is 35.5 Å². The first-order valence-electron chi connectivity index (χ1n) is 9.54. The number of nitrogen functional groups attached to an aromatic ring is 1. The van der Waals surface area contributed by atoms with Gasteiger partial charge in [-0.05, 0) is 32.0 Å². The molecule has 33 heavy (non-hydrogen) atoms. The summed E-state index contributed by atoms with van der Waals surface area (Å²) in [5.74, 6) is 4.96. The van der Waals surface area contributed by atoms with E-state index in [1.807, 2.05) is 19.9 Å². The van der Waals surface area contributed by atoms with Crippen LogP contribution in [-0.4, -0.2) is 60.7 Å². The molecule has 0 saturated carbocycles. The van der Waals surface area contributed by atoms with E-state index in [1.165, 1.54) is 28.5 Å². The van der Waals surface area contributed by atoms with E-state index in [-0.39, 0.29) is 22.5 Å². The summed E-state index contributed by atoms with van der Waals surface area (Å²) >= 11 is 1.00. The number of hydrogen-bond donors (Lipinski definition) is 2.